The van der Waals surface area contributed by atoms with Crippen molar-refractivity contribution in [3.8, 4) is 0 Å². The Morgan fingerprint density at radius 2 is 1.70 bits per heavy atom. The normalized spacial score (nSPS) is 7.60. The van der Waals surface area contributed by atoms with E-state index in [0.717, 1.165) is 4.47 Å². The zero-order valence-corrected chi connectivity index (χ0v) is 8.70. The quantitative estimate of drug-likeness (QED) is 0.487. The third-order valence-electron chi connectivity index (χ3n) is 0.942. The maximum Gasteiger partial charge on any atom is 0.385 e. The number of hydrogen-bond acceptors (Lipinski definition) is 1. The van der Waals surface area contributed by atoms with Crippen LogP contribution in [0.2, 0.25) is 0 Å². The first-order valence-electron chi connectivity index (χ1n) is 2.43. The number of halogens is 2. The van der Waals surface area contributed by atoms with E-state index in [0.29, 0.717) is 5.69 Å². The summed E-state index contributed by atoms with van der Waals surface area (Å²) in [5.74, 6) is 0. The number of diazo groups is 1. The maximum atomic E-state index is 8.24. The van der Waals surface area contributed by atoms with E-state index in [1.165, 1.54) is 0 Å². The lowest BCUT2D eigenvalue weighted by molar-refractivity contribution is -0.00000193. The molecule has 0 N–H and O–H groups in total. The number of nitrogens with zero attached hydrogens (tertiary/aromatic N) is 2. The molecule has 4 heteroatoms. The van der Waals surface area contributed by atoms with Crippen LogP contribution in [0.3, 0.4) is 0 Å². The summed E-state index contributed by atoms with van der Waals surface area (Å²) in [6.45, 7) is 0. The van der Waals surface area contributed by atoms with Crippen molar-refractivity contribution in [3.05, 3.63) is 33.7 Å². The molecule has 1 rings (SSSR count). The Kier molecular flexibility index (Phi) is 4.56. The lowest BCUT2D eigenvalue weighted by Crippen LogP contribution is -3.00. The van der Waals surface area contributed by atoms with E-state index in [-0.39, 0.29) is 24.0 Å². The van der Waals surface area contributed by atoms with Gasteiger partial charge in [0.25, 0.3) is 0 Å². The molecule has 0 aliphatic heterocycles. The molecule has 0 aliphatic carbocycles. The molecule has 0 spiro atoms. The van der Waals surface area contributed by atoms with Gasteiger partial charge in [-0.25, -0.2) is 0 Å². The fraction of sp³-hybridized carbons (Fsp3) is 0. The minimum absolute atomic E-state index is 0. The highest BCUT2D eigenvalue weighted by atomic mass is 127. The highest BCUT2D eigenvalue weighted by Gasteiger charge is 1.99. The summed E-state index contributed by atoms with van der Waals surface area (Å²) in [7, 11) is 0. The molecule has 0 bridgehead atoms. The Hall–Kier alpha value is -0.150. The van der Waals surface area contributed by atoms with E-state index in [9.17, 15) is 0 Å². The molecule has 2 nitrogen and oxygen atoms in total. The van der Waals surface area contributed by atoms with Crippen molar-refractivity contribution in [1.29, 1.82) is 5.39 Å². The molecule has 0 atom stereocenters. The summed E-state index contributed by atoms with van der Waals surface area (Å²) in [5, 5.41) is 8.24. The molecule has 0 radical (unpaired) electrons. The molecule has 0 aliphatic rings. The van der Waals surface area contributed by atoms with Crippen molar-refractivity contribution in [2.45, 2.75) is 0 Å². The lowest BCUT2D eigenvalue weighted by Gasteiger charge is -1.79. The van der Waals surface area contributed by atoms with Crippen LogP contribution in [0.1, 0.15) is 0 Å². The predicted octanol–water partition coefficient (Wildman–Crippen LogP) is -0.0623. The summed E-state index contributed by atoms with van der Waals surface area (Å²) >= 11 is 3.25. The summed E-state index contributed by atoms with van der Waals surface area (Å²) in [5.41, 5.74) is 0.568. The van der Waals surface area contributed by atoms with Crippen LogP contribution in [-0.4, -0.2) is 0 Å². The van der Waals surface area contributed by atoms with Gasteiger partial charge in [0.2, 0.25) is 5.39 Å². The van der Waals surface area contributed by atoms with Crippen LogP contribution in [0.4, 0.5) is 5.69 Å². The molecule has 0 saturated carbocycles. The predicted molar refractivity (Wildman–Crippen MR) is 38.9 cm³/mol. The second-order valence-electron chi connectivity index (χ2n) is 1.58. The first-order valence-corrected chi connectivity index (χ1v) is 3.23. The molecule has 0 unspecified atom stereocenters. The first-order chi connectivity index (χ1) is 4.33. The van der Waals surface area contributed by atoms with Gasteiger partial charge in [-0.3, -0.25) is 0 Å². The van der Waals surface area contributed by atoms with Crippen LogP contribution >= 0.6 is 15.9 Å². The topological polar surface area (TPSA) is 28.1 Å². The van der Waals surface area contributed by atoms with E-state index in [1.54, 1.807) is 12.1 Å². The average molecular weight is 311 g/mol. The molecule has 1 aromatic rings. The van der Waals surface area contributed by atoms with Gasteiger partial charge in [-0.2, -0.15) is 0 Å². The van der Waals surface area contributed by atoms with Gasteiger partial charge in [0.15, 0.2) is 4.98 Å². The van der Waals surface area contributed by atoms with Crippen LogP contribution < -0.4 is 24.0 Å². The highest BCUT2D eigenvalue weighted by molar-refractivity contribution is 9.10. The molecular formula is C6H4BrIN2. The Labute approximate surface area is 84.4 Å². The molecule has 0 aromatic heterocycles. The lowest BCUT2D eigenvalue weighted by atomic mass is 10.3. The van der Waals surface area contributed by atoms with Crippen molar-refractivity contribution in [1.82, 2.24) is 0 Å². The smallest absolute Gasteiger partial charge is 0.385 e. The minimum Gasteiger partial charge on any atom is -1.00 e. The minimum atomic E-state index is 0. The fourth-order valence-corrected chi connectivity index (χ4v) is 0.772. The summed E-state index contributed by atoms with van der Waals surface area (Å²) < 4.78 is 0.981. The summed E-state index contributed by atoms with van der Waals surface area (Å²) in [6.07, 6.45) is 0. The van der Waals surface area contributed by atoms with Crippen molar-refractivity contribution in [2.75, 3.05) is 0 Å². The zero-order valence-electron chi connectivity index (χ0n) is 4.96. The van der Waals surface area contributed by atoms with Gasteiger partial charge >= 0.3 is 5.69 Å². The zero-order chi connectivity index (χ0) is 6.69. The maximum absolute atomic E-state index is 8.24. The van der Waals surface area contributed by atoms with Crippen LogP contribution in [0.5, 0.6) is 0 Å². The fourth-order valence-electron chi connectivity index (χ4n) is 0.508. The van der Waals surface area contributed by atoms with Gasteiger partial charge in [0, 0.05) is 16.6 Å². The Morgan fingerprint density at radius 1 is 1.20 bits per heavy atom. The van der Waals surface area contributed by atoms with Gasteiger partial charge in [-0.05, 0) is 12.1 Å². The standard InChI is InChI=1S/C6H4BrN2.HI/c7-5-1-3-6(9-8)4-2-5;/h1-4H;1H/q+1;/p-1. The SMILES string of the molecule is N#[N+]c1ccc(Br)cc1.[I-]. The Morgan fingerprint density at radius 3 is 2.10 bits per heavy atom. The molecule has 0 fully saturated rings. The van der Waals surface area contributed by atoms with Crippen molar-refractivity contribution < 1.29 is 24.0 Å². The van der Waals surface area contributed by atoms with Gasteiger partial charge in [-0.1, -0.05) is 15.9 Å². The van der Waals surface area contributed by atoms with E-state index in [1.807, 2.05) is 12.1 Å². The Balaban J connectivity index is 0.000000810. The van der Waals surface area contributed by atoms with E-state index in [2.05, 4.69) is 20.9 Å². The second-order valence-corrected chi connectivity index (χ2v) is 2.49. The largest absolute Gasteiger partial charge is 1.00 e. The van der Waals surface area contributed by atoms with Crippen LogP contribution in [0, 0.1) is 5.39 Å². The van der Waals surface area contributed by atoms with Crippen LogP contribution in [-0.2, 0) is 0 Å². The summed E-state index contributed by atoms with van der Waals surface area (Å²) in [6, 6.07) is 7.05. The summed E-state index contributed by atoms with van der Waals surface area (Å²) in [4.78, 5) is 2.99. The average Bonchev–Trinajstić information content (AvgIpc) is 1.90. The van der Waals surface area contributed by atoms with E-state index in [4.69, 9.17) is 5.39 Å². The van der Waals surface area contributed by atoms with Gasteiger partial charge < -0.3 is 24.0 Å². The molecule has 0 heterocycles. The highest BCUT2D eigenvalue weighted by Crippen LogP contribution is 2.15. The van der Waals surface area contributed by atoms with Crippen LogP contribution in [0.15, 0.2) is 28.7 Å². The third kappa shape index (κ3) is 2.62. The van der Waals surface area contributed by atoms with Crippen molar-refractivity contribution >= 4 is 21.6 Å². The van der Waals surface area contributed by atoms with Gasteiger partial charge in [-0.15, -0.1) is 0 Å². The van der Waals surface area contributed by atoms with E-state index >= 15 is 0 Å². The van der Waals surface area contributed by atoms with E-state index < -0.39 is 0 Å². The molecule has 10 heavy (non-hydrogen) atoms. The monoisotopic (exact) mass is 310 g/mol. The molecule has 52 valence electrons. The van der Waals surface area contributed by atoms with Gasteiger partial charge in [0.05, 0.1) is 0 Å². The number of hydrogen-bond donors (Lipinski definition) is 0. The number of benzene rings is 1. The van der Waals surface area contributed by atoms with Crippen molar-refractivity contribution in [2.24, 2.45) is 0 Å². The molecule has 1 aromatic carbocycles. The molecule has 0 saturated heterocycles. The molecular weight excluding hydrogens is 307 g/mol. The first kappa shape index (κ1) is 9.85. The molecule has 0 amide bonds. The van der Waals surface area contributed by atoms with Gasteiger partial charge in [0.1, 0.15) is 0 Å². The van der Waals surface area contributed by atoms with Crippen molar-refractivity contribution in [3.63, 3.8) is 0 Å². The third-order valence-corrected chi connectivity index (χ3v) is 1.47. The Bertz CT molecular complexity index is 239. The number of rotatable bonds is 0. The second kappa shape index (κ2) is 4.63. The van der Waals surface area contributed by atoms with Crippen LogP contribution in [0.25, 0.3) is 4.98 Å².